The van der Waals surface area contributed by atoms with Gasteiger partial charge in [-0.05, 0) is 50.4 Å². The van der Waals surface area contributed by atoms with E-state index in [0.717, 1.165) is 38.5 Å². The highest BCUT2D eigenvalue weighted by atomic mass is 16.3. The molecule has 3 fully saturated rings. The van der Waals surface area contributed by atoms with Gasteiger partial charge in [-0.15, -0.1) is 0 Å². The van der Waals surface area contributed by atoms with Crippen molar-refractivity contribution in [2.24, 2.45) is 28.9 Å². The van der Waals surface area contributed by atoms with Crippen molar-refractivity contribution in [3.8, 4) is 0 Å². The number of amides is 1. The Kier molecular flexibility index (Phi) is 4.79. The number of carbonyl (C=O) groups excluding carboxylic acids is 1. The minimum Gasteiger partial charge on any atom is -0.392 e. The van der Waals surface area contributed by atoms with E-state index in [1.54, 1.807) is 0 Å². The minimum atomic E-state index is -0.277. The first-order valence-electron chi connectivity index (χ1n) is 9.21. The third-order valence-corrected chi connectivity index (χ3v) is 6.73. The highest BCUT2D eigenvalue weighted by Gasteiger charge is 2.41. The van der Waals surface area contributed by atoms with Crippen molar-refractivity contribution in [2.75, 3.05) is 6.54 Å². The van der Waals surface area contributed by atoms with Crippen molar-refractivity contribution in [1.82, 2.24) is 5.32 Å². The first kappa shape index (κ1) is 16.3. The third kappa shape index (κ3) is 3.18. The van der Waals surface area contributed by atoms with E-state index in [1.165, 1.54) is 19.3 Å². The molecule has 0 aromatic carbocycles. The summed E-state index contributed by atoms with van der Waals surface area (Å²) in [6.07, 6.45) is 9.45. The Bertz CT molecular complexity index is 400. The summed E-state index contributed by atoms with van der Waals surface area (Å²) in [6, 6.07) is 0.315. The number of nitrogens with two attached hydrogens (primary N) is 1. The van der Waals surface area contributed by atoms with Crippen LogP contribution in [0.25, 0.3) is 0 Å². The van der Waals surface area contributed by atoms with Gasteiger partial charge in [0.1, 0.15) is 0 Å². The highest BCUT2D eigenvalue weighted by Crippen LogP contribution is 2.42. The number of carbonyl (C=O) groups is 1. The van der Waals surface area contributed by atoms with Gasteiger partial charge in [0.25, 0.3) is 0 Å². The van der Waals surface area contributed by atoms with E-state index in [1.807, 2.05) is 0 Å². The maximum atomic E-state index is 12.6. The molecule has 0 saturated heterocycles. The van der Waals surface area contributed by atoms with Crippen molar-refractivity contribution < 1.29 is 9.90 Å². The van der Waals surface area contributed by atoms with E-state index >= 15 is 0 Å². The molecule has 0 radical (unpaired) electrons. The van der Waals surface area contributed by atoms with Gasteiger partial charge in [0, 0.05) is 23.9 Å². The van der Waals surface area contributed by atoms with E-state index in [9.17, 15) is 9.90 Å². The van der Waals surface area contributed by atoms with Crippen molar-refractivity contribution in [3.63, 3.8) is 0 Å². The Morgan fingerprint density at radius 3 is 2.50 bits per heavy atom. The summed E-state index contributed by atoms with van der Waals surface area (Å²) < 4.78 is 0. The summed E-state index contributed by atoms with van der Waals surface area (Å²) in [4.78, 5) is 12.6. The zero-order valence-corrected chi connectivity index (χ0v) is 13.9. The Morgan fingerprint density at radius 2 is 1.86 bits per heavy atom. The second kappa shape index (κ2) is 6.48. The topological polar surface area (TPSA) is 75.4 Å². The predicted octanol–water partition coefficient (Wildman–Crippen LogP) is 2.20. The molecule has 0 spiro atoms. The Balaban J connectivity index is 1.54. The fraction of sp³-hybridized carbons (Fsp3) is 0.944. The molecule has 22 heavy (non-hydrogen) atoms. The van der Waals surface area contributed by atoms with Gasteiger partial charge in [-0.3, -0.25) is 4.79 Å². The monoisotopic (exact) mass is 308 g/mol. The van der Waals surface area contributed by atoms with Gasteiger partial charge in [-0.1, -0.05) is 26.2 Å². The predicted molar refractivity (Wildman–Crippen MR) is 87.1 cm³/mol. The van der Waals surface area contributed by atoms with Crippen LogP contribution in [0.1, 0.15) is 64.7 Å². The lowest BCUT2D eigenvalue weighted by Crippen LogP contribution is -2.51. The number of aliphatic hydroxyl groups excluding tert-OH is 1. The molecule has 3 aliphatic carbocycles. The molecule has 3 rings (SSSR count). The molecule has 4 heteroatoms. The summed E-state index contributed by atoms with van der Waals surface area (Å²) in [5, 5.41) is 13.4. The van der Waals surface area contributed by atoms with Crippen LogP contribution in [-0.4, -0.2) is 29.7 Å². The number of nitrogens with one attached hydrogen (secondary N) is 1. The van der Waals surface area contributed by atoms with Gasteiger partial charge in [0.2, 0.25) is 5.91 Å². The summed E-state index contributed by atoms with van der Waals surface area (Å²) in [5.74, 6) is 1.42. The van der Waals surface area contributed by atoms with Crippen LogP contribution in [0.4, 0.5) is 0 Å². The van der Waals surface area contributed by atoms with Crippen LogP contribution < -0.4 is 11.1 Å². The number of hydrogen-bond donors (Lipinski definition) is 3. The standard InChI is InChI=1S/C18H32N2O2/c1-18(8-3-2-7-15(18)21)11-20-17(22)14-9-12-5-4-6-13(10-14)16(12)19/h12-16,21H,2-11,19H2,1H3,(H,20,22). The van der Waals surface area contributed by atoms with Crippen LogP contribution in [0.2, 0.25) is 0 Å². The average molecular weight is 308 g/mol. The van der Waals surface area contributed by atoms with Crippen LogP contribution >= 0.6 is 0 Å². The van der Waals surface area contributed by atoms with Gasteiger partial charge in [0.15, 0.2) is 0 Å². The zero-order valence-electron chi connectivity index (χ0n) is 13.9. The normalized spacial score (nSPS) is 45.3. The van der Waals surface area contributed by atoms with Crippen molar-refractivity contribution >= 4 is 5.91 Å². The number of rotatable bonds is 3. The molecule has 0 aromatic heterocycles. The molecular formula is C18H32N2O2. The van der Waals surface area contributed by atoms with Crippen molar-refractivity contribution in [2.45, 2.75) is 76.9 Å². The molecule has 1 amide bonds. The molecule has 3 aliphatic rings. The SMILES string of the molecule is CC1(CNC(=O)C2CC3CCCC(C2)C3N)CCCCC1O. The molecular weight excluding hydrogens is 276 g/mol. The van der Waals surface area contributed by atoms with Gasteiger partial charge in [0.05, 0.1) is 6.10 Å². The Labute approximate surface area is 134 Å². The van der Waals surface area contributed by atoms with Crippen LogP contribution in [0.15, 0.2) is 0 Å². The molecule has 0 aliphatic heterocycles. The first-order valence-corrected chi connectivity index (χ1v) is 9.21. The lowest BCUT2D eigenvalue weighted by molar-refractivity contribution is -0.129. The Hall–Kier alpha value is -0.610. The van der Waals surface area contributed by atoms with Crippen LogP contribution in [0, 0.1) is 23.2 Å². The molecule has 4 N–H and O–H groups in total. The minimum absolute atomic E-state index is 0.138. The maximum Gasteiger partial charge on any atom is 0.223 e. The molecule has 2 bridgehead atoms. The maximum absolute atomic E-state index is 12.6. The van der Waals surface area contributed by atoms with Gasteiger partial charge in [-0.2, -0.15) is 0 Å². The van der Waals surface area contributed by atoms with E-state index in [0.29, 0.717) is 24.4 Å². The van der Waals surface area contributed by atoms with Crippen molar-refractivity contribution in [3.05, 3.63) is 0 Å². The fourth-order valence-electron chi connectivity index (χ4n) is 5.02. The second-order valence-corrected chi connectivity index (χ2v) is 8.33. The number of fused-ring (bicyclic) bond motifs is 2. The lowest BCUT2D eigenvalue weighted by atomic mass is 9.65. The van der Waals surface area contributed by atoms with Gasteiger partial charge in [-0.25, -0.2) is 0 Å². The van der Waals surface area contributed by atoms with E-state index in [-0.39, 0.29) is 23.3 Å². The van der Waals surface area contributed by atoms with Crippen LogP contribution in [0.5, 0.6) is 0 Å². The van der Waals surface area contributed by atoms with Gasteiger partial charge < -0.3 is 16.2 Å². The average Bonchev–Trinajstić information content (AvgIpc) is 2.48. The lowest BCUT2D eigenvalue weighted by Gasteiger charge is -2.44. The summed E-state index contributed by atoms with van der Waals surface area (Å²) in [7, 11) is 0. The number of hydrogen-bond acceptors (Lipinski definition) is 3. The number of aliphatic hydroxyl groups is 1. The van der Waals surface area contributed by atoms with Gasteiger partial charge >= 0.3 is 0 Å². The summed E-state index contributed by atoms with van der Waals surface area (Å²) in [6.45, 7) is 2.73. The third-order valence-electron chi connectivity index (χ3n) is 6.73. The highest BCUT2D eigenvalue weighted by molar-refractivity contribution is 5.78. The van der Waals surface area contributed by atoms with Crippen molar-refractivity contribution in [1.29, 1.82) is 0 Å². The largest absolute Gasteiger partial charge is 0.392 e. The quantitative estimate of drug-likeness (QED) is 0.748. The smallest absolute Gasteiger partial charge is 0.223 e. The zero-order chi connectivity index (χ0) is 15.7. The molecule has 4 unspecified atom stereocenters. The molecule has 3 saturated carbocycles. The Morgan fingerprint density at radius 1 is 1.18 bits per heavy atom. The fourth-order valence-corrected chi connectivity index (χ4v) is 5.02. The second-order valence-electron chi connectivity index (χ2n) is 8.33. The molecule has 126 valence electrons. The summed E-state index contributed by atoms with van der Waals surface area (Å²) >= 11 is 0. The molecule has 4 atom stereocenters. The molecule has 0 aromatic rings. The van der Waals surface area contributed by atoms with Crippen LogP contribution in [-0.2, 0) is 4.79 Å². The van der Waals surface area contributed by atoms with Crippen LogP contribution in [0.3, 0.4) is 0 Å². The van der Waals surface area contributed by atoms with E-state index in [4.69, 9.17) is 5.73 Å². The van der Waals surface area contributed by atoms with E-state index < -0.39 is 0 Å². The molecule has 0 heterocycles. The van der Waals surface area contributed by atoms with E-state index in [2.05, 4.69) is 12.2 Å². The molecule has 4 nitrogen and oxygen atoms in total. The summed E-state index contributed by atoms with van der Waals surface area (Å²) in [5.41, 5.74) is 6.17. The first-order chi connectivity index (χ1) is 10.5.